The number of alkyl halides is 3. The van der Waals surface area contributed by atoms with Crippen LogP contribution in [0.1, 0.15) is 24.2 Å². The predicted octanol–water partition coefficient (Wildman–Crippen LogP) is 2.18. The van der Waals surface area contributed by atoms with Crippen molar-refractivity contribution < 1.29 is 26.4 Å². The first-order valence-electron chi connectivity index (χ1n) is 7.17. The molecule has 1 N–H and O–H groups in total. The number of nitrogens with zero attached hydrogens (tertiary/aromatic N) is 2. The zero-order valence-electron chi connectivity index (χ0n) is 13.4. The number of carbonyl (C=O) groups is 1. The van der Waals surface area contributed by atoms with E-state index in [4.69, 9.17) is 0 Å². The van der Waals surface area contributed by atoms with Crippen molar-refractivity contribution in [3.05, 3.63) is 47.8 Å². The molecule has 25 heavy (non-hydrogen) atoms. The van der Waals surface area contributed by atoms with Gasteiger partial charge in [-0.2, -0.15) is 18.3 Å². The lowest BCUT2D eigenvalue weighted by atomic mass is 10.1. The van der Waals surface area contributed by atoms with Crippen molar-refractivity contribution in [3.8, 4) is 0 Å². The standard InChI is InChI=1S/C15H16F3N3O3S/c1-10(11-3-5-12(6-4-11)25(2,23)24)19-14(22)9-21-8-7-13(20-21)15(16,17)18/h3-8,10H,9H2,1-2H3,(H,19,22). The lowest BCUT2D eigenvalue weighted by molar-refractivity contribution is -0.141. The number of sulfone groups is 1. The fourth-order valence-electron chi connectivity index (χ4n) is 2.12. The van der Waals surface area contributed by atoms with E-state index in [2.05, 4.69) is 10.4 Å². The average Bonchev–Trinajstić information content (AvgIpc) is 2.95. The minimum Gasteiger partial charge on any atom is -0.348 e. The Morgan fingerprint density at radius 1 is 1.24 bits per heavy atom. The summed E-state index contributed by atoms with van der Waals surface area (Å²) < 4.78 is 61.1. The summed E-state index contributed by atoms with van der Waals surface area (Å²) in [5.74, 6) is -0.517. The molecule has 0 saturated heterocycles. The van der Waals surface area contributed by atoms with Crippen molar-refractivity contribution in [2.24, 2.45) is 0 Å². The Balaban J connectivity index is 1.99. The van der Waals surface area contributed by atoms with Gasteiger partial charge in [0.15, 0.2) is 15.5 Å². The van der Waals surface area contributed by atoms with E-state index in [9.17, 15) is 26.4 Å². The van der Waals surface area contributed by atoms with Gasteiger partial charge >= 0.3 is 6.18 Å². The number of halogens is 3. The number of nitrogens with one attached hydrogen (secondary N) is 1. The molecule has 0 fully saturated rings. The first-order valence-corrected chi connectivity index (χ1v) is 9.06. The molecule has 10 heteroatoms. The van der Waals surface area contributed by atoms with Gasteiger partial charge in [0.05, 0.1) is 10.9 Å². The van der Waals surface area contributed by atoms with Crippen molar-refractivity contribution in [2.45, 2.75) is 30.6 Å². The molecule has 1 aromatic heterocycles. The van der Waals surface area contributed by atoms with E-state index >= 15 is 0 Å². The van der Waals surface area contributed by atoms with Gasteiger partial charge in [-0.3, -0.25) is 9.48 Å². The second kappa shape index (κ2) is 6.87. The van der Waals surface area contributed by atoms with Crippen LogP contribution in [0.4, 0.5) is 13.2 Å². The number of rotatable bonds is 5. The number of hydrogen-bond acceptors (Lipinski definition) is 4. The molecule has 0 radical (unpaired) electrons. The minimum atomic E-state index is -4.56. The van der Waals surface area contributed by atoms with Gasteiger partial charge in [0.2, 0.25) is 5.91 Å². The van der Waals surface area contributed by atoms with Gasteiger partial charge in [-0.05, 0) is 30.7 Å². The van der Waals surface area contributed by atoms with Crippen LogP contribution in [-0.2, 0) is 27.4 Å². The highest BCUT2D eigenvalue weighted by Gasteiger charge is 2.33. The summed E-state index contributed by atoms with van der Waals surface area (Å²) in [6.07, 6.45) is -2.39. The van der Waals surface area contributed by atoms with Crippen LogP contribution in [0.25, 0.3) is 0 Å². The summed E-state index contributed by atoms with van der Waals surface area (Å²) in [4.78, 5) is 12.1. The highest BCUT2D eigenvalue weighted by atomic mass is 32.2. The van der Waals surface area contributed by atoms with E-state index in [1.807, 2.05) is 0 Å². The van der Waals surface area contributed by atoms with Gasteiger partial charge in [-0.1, -0.05) is 12.1 Å². The quantitative estimate of drug-likeness (QED) is 0.869. The molecular weight excluding hydrogens is 359 g/mol. The Kier molecular flexibility index (Phi) is 5.21. The first kappa shape index (κ1) is 19.0. The third-order valence-corrected chi connectivity index (χ3v) is 4.55. The average molecular weight is 375 g/mol. The lowest BCUT2D eigenvalue weighted by Crippen LogP contribution is -2.30. The van der Waals surface area contributed by atoms with E-state index in [0.29, 0.717) is 5.56 Å². The monoisotopic (exact) mass is 375 g/mol. The van der Waals surface area contributed by atoms with Crippen molar-refractivity contribution in [1.82, 2.24) is 15.1 Å². The second-order valence-electron chi connectivity index (χ2n) is 5.53. The summed E-state index contributed by atoms with van der Waals surface area (Å²) in [5, 5.41) is 5.92. The molecule has 1 aromatic carbocycles. The van der Waals surface area contributed by atoms with Crippen molar-refractivity contribution >= 4 is 15.7 Å². The number of aromatic nitrogens is 2. The molecule has 0 bridgehead atoms. The molecule has 0 aliphatic carbocycles. The molecule has 0 aliphatic rings. The molecule has 2 aromatic rings. The van der Waals surface area contributed by atoms with Crippen LogP contribution < -0.4 is 5.32 Å². The molecular formula is C15H16F3N3O3S. The maximum Gasteiger partial charge on any atom is 0.435 e. The molecule has 0 saturated carbocycles. The van der Waals surface area contributed by atoms with Crippen LogP contribution in [0.3, 0.4) is 0 Å². The number of benzene rings is 1. The van der Waals surface area contributed by atoms with Gasteiger partial charge in [-0.25, -0.2) is 8.42 Å². The van der Waals surface area contributed by atoms with Crippen molar-refractivity contribution in [2.75, 3.05) is 6.26 Å². The molecule has 1 unspecified atom stereocenters. The first-order chi connectivity index (χ1) is 11.5. The van der Waals surface area contributed by atoms with E-state index in [1.54, 1.807) is 19.1 Å². The molecule has 1 heterocycles. The zero-order chi connectivity index (χ0) is 18.8. The zero-order valence-corrected chi connectivity index (χ0v) is 14.2. The SMILES string of the molecule is CC(NC(=O)Cn1ccc(C(F)(F)F)n1)c1ccc(S(C)(=O)=O)cc1. The maximum absolute atomic E-state index is 12.5. The van der Waals surface area contributed by atoms with Crippen LogP contribution in [-0.4, -0.2) is 30.4 Å². The Morgan fingerprint density at radius 2 is 1.84 bits per heavy atom. The van der Waals surface area contributed by atoms with Gasteiger partial charge in [0.1, 0.15) is 6.54 Å². The molecule has 0 spiro atoms. The van der Waals surface area contributed by atoms with E-state index in [0.717, 1.165) is 23.2 Å². The van der Waals surface area contributed by atoms with Crippen LogP contribution >= 0.6 is 0 Å². The molecule has 1 atom stereocenters. The molecule has 1 amide bonds. The highest BCUT2D eigenvalue weighted by Crippen LogP contribution is 2.27. The Hall–Kier alpha value is -2.36. The van der Waals surface area contributed by atoms with Crippen molar-refractivity contribution in [1.29, 1.82) is 0 Å². The van der Waals surface area contributed by atoms with Crippen LogP contribution in [0.5, 0.6) is 0 Å². The molecule has 6 nitrogen and oxygen atoms in total. The van der Waals surface area contributed by atoms with E-state index in [1.165, 1.54) is 12.1 Å². The van der Waals surface area contributed by atoms with E-state index < -0.39 is 33.7 Å². The summed E-state index contributed by atoms with van der Waals surface area (Å²) in [7, 11) is -3.31. The van der Waals surface area contributed by atoms with E-state index in [-0.39, 0.29) is 11.4 Å². The predicted molar refractivity (Wildman–Crippen MR) is 83.3 cm³/mol. The number of hydrogen-bond donors (Lipinski definition) is 1. The Bertz CT molecular complexity index is 858. The fraction of sp³-hybridized carbons (Fsp3) is 0.333. The van der Waals surface area contributed by atoms with Gasteiger partial charge in [0, 0.05) is 12.5 Å². The third kappa shape index (κ3) is 5.05. The van der Waals surface area contributed by atoms with Gasteiger partial charge in [0.25, 0.3) is 0 Å². The summed E-state index contributed by atoms with van der Waals surface area (Å²) in [5.41, 5.74) is -0.401. The molecule has 0 aliphatic heterocycles. The number of carbonyl (C=O) groups excluding carboxylic acids is 1. The van der Waals surface area contributed by atoms with Gasteiger partial charge in [-0.15, -0.1) is 0 Å². The second-order valence-corrected chi connectivity index (χ2v) is 7.54. The Morgan fingerprint density at radius 3 is 2.32 bits per heavy atom. The molecule has 136 valence electrons. The smallest absolute Gasteiger partial charge is 0.348 e. The lowest BCUT2D eigenvalue weighted by Gasteiger charge is -2.15. The van der Waals surface area contributed by atoms with Crippen LogP contribution in [0.2, 0.25) is 0 Å². The largest absolute Gasteiger partial charge is 0.435 e. The third-order valence-electron chi connectivity index (χ3n) is 3.42. The topological polar surface area (TPSA) is 81.1 Å². The van der Waals surface area contributed by atoms with Crippen LogP contribution in [0, 0.1) is 0 Å². The van der Waals surface area contributed by atoms with Gasteiger partial charge < -0.3 is 5.32 Å². The van der Waals surface area contributed by atoms with Crippen LogP contribution in [0.15, 0.2) is 41.4 Å². The minimum absolute atomic E-state index is 0.158. The summed E-state index contributed by atoms with van der Waals surface area (Å²) in [6.45, 7) is 1.32. The Labute approximate surface area is 142 Å². The summed E-state index contributed by atoms with van der Waals surface area (Å²) >= 11 is 0. The summed E-state index contributed by atoms with van der Waals surface area (Å²) in [6, 6.07) is 6.33. The number of amides is 1. The highest BCUT2D eigenvalue weighted by molar-refractivity contribution is 7.90. The molecule has 2 rings (SSSR count). The fourth-order valence-corrected chi connectivity index (χ4v) is 2.75. The maximum atomic E-state index is 12.5. The van der Waals surface area contributed by atoms with Crippen molar-refractivity contribution in [3.63, 3.8) is 0 Å². The normalized spacial score (nSPS) is 13.5.